The molecule has 1 saturated carbocycles. The first-order chi connectivity index (χ1) is 13.2. The molecule has 3 atom stereocenters. The number of hydrogen-bond acceptors (Lipinski definition) is 3. The minimum Gasteiger partial charge on any atom is -0.394 e. The molecule has 1 amide bonds. The van der Waals surface area contributed by atoms with E-state index in [4.69, 9.17) is 0 Å². The Bertz CT molecular complexity index is 634. The molecule has 27 heavy (non-hydrogen) atoms. The molecule has 1 aromatic carbocycles. The quantitative estimate of drug-likeness (QED) is 0.736. The number of rotatable bonds is 8. The van der Waals surface area contributed by atoms with Crippen LogP contribution in [0.4, 0.5) is 0 Å². The number of nitrogens with zero attached hydrogens (tertiary/aromatic N) is 1. The molecule has 1 aliphatic heterocycles. The van der Waals surface area contributed by atoms with Crippen molar-refractivity contribution < 1.29 is 9.90 Å². The number of carbonyl (C=O) groups excluding carboxylic acids is 1. The Morgan fingerprint density at radius 1 is 1.19 bits per heavy atom. The van der Waals surface area contributed by atoms with Crippen LogP contribution in [0.5, 0.6) is 0 Å². The monoisotopic (exact) mass is 370 g/mol. The molecule has 0 unspecified atom stereocenters. The van der Waals surface area contributed by atoms with E-state index in [1.54, 1.807) is 0 Å². The Labute approximate surface area is 163 Å². The van der Waals surface area contributed by atoms with Crippen molar-refractivity contribution in [2.75, 3.05) is 19.7 Å². The lowest BCUT2D eigenvalue weighted by molar-refractivity contribution is -0.150. The van der Waals surface area contributed by atoms with Crippen molar-refractivity contribution in [1.82, 2.24) is 10.2 Å². The summed E-state index contributed by atoms with van der Waals surface area (Å²) in [4.78, 5) is 14.4. The third kappa shape index (κ3) is 4.44. The van der Waals surface area contributed by atoms with Crippen molar-refractivity contribution in [3.05, 3.63) is 41.5 Å². The number of allylic oxidation sites excluding steroid dienone is 1. The van der Waals surface area contributed by atoms with E-state index in [1.165, 1.54) is 36.8 Å². The number of aliphatic hydroxyl groups excluding tert-OH is 1. The van der Waals surface area contributed by atoms with E-state index in [0.29, 0.717) is 6.42 Å². The molecule has 0 spiro atoms. The van der Waals surface area contributed by atoms with Gasteiger partial charge in [0.15, 0.2) is 0 Å². The molecule has 2 fully saturated rings. The summed E-state index contributed by atoms with van der Waals surface area (Å²) in [6, 6.07) is 8.57. The van der Waals surface area contributed by atoms with Crippen LogP contribution in [0.3, 0.4) is 0 Å². The van der Waals surface area contributed by atoms with Crippen LogP contribution < -0.4 is 5.32 Å². The Morgan fingerprint density at radius 2 is 1.89 bits per heavy atom. The molecule has 1 heterocycles. The number of amides is 1. The summed E-state index contributed by atoms with van der Waals surface area (Å²) < 4.78 is 0. The van der Waals surface area contributed by atoms with E-state index in [-0.39, 0.29) is 30.5 Å². The van der Waals surface area contributed by atoms with Crippen molar-refractivity contribution in [3.8, 4) is 0 Å². The zero-order valence-corrected chi connectivity index (χ0v) is 16.7. The van der Waals surface area contributed by atoms with E-state index < -0.39 is 0 Å². The van der Waals surface area contributed by atoms with Gasteiger partial charge in [-0.15, -0.1) is 0 Å². The van der Waals surface area contributed by atoms with Gasteiger partial charge in [0.25, 0.3) is 0 Å². The molecule has 1 aromatic rings. The lowest BCUT2D eigenvalue weighted by Gasteiger charge is -2.55. The molecular weight excluding hydrogens is 336 g/mol. The predicted molar refractivity (Wildman–Crippen MR) is 111 cm³/mol. The van der Waals surface area contributed by atoms with Gasteiger partial charge in [0.2, 0.25) is 5.91 Å². The van der Waals surface area contributed by atoms with Gasteiger partial charge in [0.05, 0.1) is 18.7 Å². The third-order valence-electron chi connectivity index (χ3n) is 6.26. The average Bonchev–Trinajstić information content (AvgIpc) is 3.19. The van der Waals surface area contributed by atoms with Gasteiger partial charge < -0.3 is 15.3 Å². The second-order valence-electron chi connectivity index (χ2n) is 7.97. The summed E-state index contributed by atoms with van der Waals surface area (Å²) in [7, 11) is 0. The predicted octanol–water partition coefficient (Wildman–Crippen LogP) is 3.56. The Hall–Kier alpha value is -1.65. The van der Waals surface area contributed by atoms with E-state index in [0.717, 1.165) is 19.0 Å². The van der Waals surface area contributed by atoms with Gasteiger partial charge in [-0.3, -0.25) is 4.79 Å². The minimum absolute atomic E-state index is 0.0200. The summed E-state index contributed by atoms with van der Waals surface area (Å²) in [5, 5.41) is 13.6. The molecule has 0 aromatic heterocycles. The zero-order valence-electron chi connectivity index (χ0n) is 16.7. The van der Waals surface area contributed by atoms with Crippen LogP contribution in [0.25, 0.3) is 6.08 Å². The van der Waals surface area contributed by atoms with Crippen molar-refractivity contribution in [3.63, 3.8) is 0 Å². The second kappa shape index (κ2) is 9.52. The Balaban J connectivity index is 1.72. The first-order valence-electron chi connectivity index (χ1n) is 10.5. The van der Waals surface area contributed by atoms with Gasteiger partial charge >= 0.3 is 0 Å². The summed E-state index contributed by atoms with van der Waals surface area (Å²) >= 11 is 0. The van der Waals surface area contributed by atoms with Gasteiger partial charge in [-0.05, 0) is 43.4 Å². The van der Waals surface area contributed by atoms with E-state index in [9.17, 15) is 9.90 Å². The van der Waals surface area contributed by atoms with Gasteiger partial charge in [-0.1, -0.05) is 56.2 Å². The molecule has 0 radical (unpaired) electrons. The van der Waals surface area contributed by atoms with Crippen LogP contribution >= 0.6 is 0 Å². The van der Waals surface area contributed by atoms with E-state index in [2.05, 4.69) is 35.7 Å². The molecule has 1 saturated heterocycles. The topological polar surface area (TPSA) is 52.6 Å². The van der Waals surface area contributed by atoms with Gasteiger partial charge in [-0.2, -0.15) is 0 Å². The molecule has 1 aliphatic carbocycles. The number of benzene rings is 1. The van der Waals surface area contributed by atoms with Crippen LogP contribution in [-0.4, -0.2) is 47.7 Å². The minimum atomic E-state index is -0.108. The molecule has 148 valence electrons. The van der Waals surface area contributed by atoms with Crippen LogP contribution in [0, 0.1) is 5.92 Å². The SMILES string of the molecule is C/C=C/c1ccc([C@H]2[C@@H](CO)N(C(=O)CC)[C@@H]2CNCC2CCCC2)cc1. The molecule has 0 bridgehead atoms. The van der Waals surface area contributed by atoms with Crippen molar-refractivity contribution in [2.45, 2.75) is 64.0 Å². The first kappa shape index (κ1) is 20.1. The first-order valence-corrected chi connectivity index (χ1v) is 10.5. The van der Waals surface area contributed by atoms with E-state index >= 15 is 0 Å². The number of likely N-dealkylation sites (tertiary alicyclic amines) is 1. The van der Waals surface area contributed by atoms with Crippen LogP contribution in [-0.2, 0) is 4.79 Å². The molecule has 3 rings (SSSR count). The normalized spacial score (nSPS) is 25.9. The summed E-state index contributed by atoms with van der Waals surface area (Å²) in [5.41, 5.74) is 2.40. The zero-order chi connectivity index (χ0) is 19.2. The number of hydrogen-bond donors (Lipinski definition) is 2. The Morgan fingerprint density at radius 3 is 2.48 bits per heavy atom. The number of aliphatic hydroxyl groups is 1. The lowest BCUT2D eigenvalue weighted by atomic mass is 9.74. The van der Waals surface area contributed by atoms with Gasteiger partial charge in [0.1, 0.15) is 0 Å². The van der Waals surface area contributed by atoms with Crippen LogP contribution in [0.2, 0.25) is 0 Å². The fourth-order valence-corrected chi connectivity index (χ4v) is 4.84. The highest BCUT2D eigenvalue weighted by atomic mass is 16.3. The molecule has 4 heteroatoms. The number of nitrogens with one attached hydrogen (secondary N) is 1. The molecular formula is C23H34N2O2. The highest BCUT2D eigenvalue weighted by molar-refractivity contribution is 5.78. The van der Waals surface area contributed by atoms with Crippen molar-refractivity contribution in [1.29, 1.82) is 0 Å². The van der Waals surface area contributed by atoms with Crippen molar-refractivity contribution in [2.24, 2.45) is 5.92 Å². The lowest BCUT2D eigenvalue weighted by Crippen LogP contribution is -2.68. The van der Waals surface area contributed by atoms with Gasteiger partial charge in [0, 0.05) is 18.9 Å². The maximum Gasteiger partial charge on any atom is 0.222 e. The van der Waals surface area contributed by atoms with Crippen LogP contribution in [0.15, 0.2) is 30.3 Å². The largest absolute Gasteiger partial charge is 0.394 e. The van der Waals surface area contributed by atoms with Gasteiger partial charge in [-0.25, -0.2) is 0 Å². The third-order valence-corrected chi connectivity index (χ3v) is 6.26. The molecule has 2 N–H and O–H groups in total. The standard InChI is InChI=1S/C23H34N2O2/c1-3-7-17-10-12-19(13-11-17)23-20(15-24-14-18-8-5-6-9-18)25(21(23)16-26)22(27)4-2/h3,7,10-13,18,20-21,23-24,26H,4-6,8-9,14-16H2,1-2H3/b7-3+/t20-,21-,23-/m1/s1. The number of carbonyl (C=O) groups is 1. The highest BCUT2D eigenvalue weighted by Crippen LogP contribution is 2.41. The fourth-order valence-electron chi connectivity index (χ4n) is 4.84. The molecule has 2 aliphatic rings. The maximum atomic E-state index is 12.5. The summed E-state index contributed by atoms with van der Waals surface area (Å²) in [6.07, 6.45) is 9.96. The van der Waals surface area contributed by atoms with Crippen molar-refractivity contribution >= 4 is 12.0 Å². The highest BCUT2D eigenvalue weighted by Gasteiger charge is 2.50. The smallest absolute Gasteiger partial charge is 0.222 e. The summed E-state index contributed by atoms with van der Waals surface area (Å²) in [6.45, 7) is 5.79. The fraction of sp³-hybridized carbons (Fsp3) is 0.609. The van der Waals surface area contributed by atoms with E-state index in [1.807, 2.05) is 24.8 Å². The Kier molecular flexibility index (Phi) is 7.08. The summed E-state index contributed by atoms with van der Waals surface area (Å²) in [5.74, 6) is 1.12. The second-order valence-corrected chi connectivity index (χ2v) is 7.97. The average molecular weight is 371 g/mol. The maximum absolute atomic E-state index is 12.5. The molecule has 4 nitrogen and oxygen atoms in total. The van der Waals surface area contributed by atoms with Crippen LogP contribution in [0.1, 0.15) is 63.0 Å².